The minimum atomic E-state index is 0.524. The molecule has 1 aromatic rings. The molecule has 1 aliphatic heterocycles. The number of hydrogen-bond acceptors (Lipinski definition) is 3. The van der Waals surface area contributed by atoms with Gasteiger partial charge in [0.1, 0.15) is 0 Å². The monoisotopic (exact) mass is 311 g/mol. The Morgan fingerprint density at radius 2 is 1.96 bits per heavy atom. The first-order chi connectivity index (χ1) is 11.3. The lowest BCUT2D eigenvalue weighted by Crippen LogP contribution is -2.21. The van der Waals surface area contributed by atoms with Crippen LogP contribution in [0, 0.1) is 23.7 Å². The molecule has 2 N–H and O–H groups in total. The van der Waals surface area contributed by atoms with Gasteiger partial charge < -0.3 is 5.73 Å². The molecule has 2 heterocycles. The van der Waals surface area contributed by atoms with E-state index in [1.165, 1.54) is 50.6 Å². The molecule has 3 heteroatoms. The van der Waals surface area contributed by atoms with Gasteiger partial charge in [0, 0.05) is 30.4 Å². The molecule has 0 bridgehead atoms. The van der Waals surface area contributed by atoms with Crippen molar-refractivity contribution in [3.8, 4) is 11.8 Å². The lowest BCUT2D eigenvalue weighted by molar-refractivity contribution is 0.283. The SMILES string of the molecule is CN1CCCC1c1cncc(C#CC[C@H]2CC[C@H](CN)CC2)c1. The highest BCUT2D eigenvalue weighted by Crippen LogP contribution is 2.31. The van der Waals surface area contributed by atoms with Crippen molar-refractivity contribution < 1.29 is 0 Å². The highest BCUT2D eigenvalue weighted by atomic mass is 15.1. The second-order valence-corrected chi connectivity index (χ2v) is 7.27. The predicted octanol–water partition coefficient (Wildman–Crippen LogP) is 3.36. The van der Waals surface area contributed by atoms with Crippen LogP contribution in [0.5, 0.6) is 0 Å². The first kappa shape index (κ1) is 16.5. The summed E-state index contributed by atoms with van der Waals surface area (Å²) in [5.41, 5.74) is 8.15. The molecule has 23 heavy (non-hydrogen) atoms. The number of nitrogens with two attached hydrogens (primary N) is 1. The maximum Gasteiger partial charge on any atom is 0.0432 e. The van der Waals surface area contributed by atoms with E-state index in [9.17, 15) is 0 Å². The standard InChI is InChI=1S/C20H29N3/c1-23-11-3-6-20(23)19-12-18(14-22-15-19)5-2-4-16-7-9-17(13-21)10-8-16/h12,14-17,20H,3-4,6-11,13,21H2,1H3/t16-,17-,20?. The fourth-order valence-corrected chi connectivity index (χ4v) is 4.01. The summed E-state index contributed by atoms with van der Waals surface area (Å²) in [6, 6.07) is 2.76. The van der Waals surface area contributed by atoms with Gasteiger partial charge in [-0.1, -0.05) is 11.8 Å². The molecule has 1 aliphatic carbocycles. The van der Waals surface area contributed by atoms with Gasteiger partial charge in [-0.25, -0.2) is 0 Å². The molecule has 2 fully saturated rings. The van der Waals surface area contributed by atoms with Crippen molar-refractivity contribution in [1.82, 2.24) is 9.88 Å². The molecule has 2 aliphatic rings. The fraction of sp³-hybridized carbons (Fsp3) is 0.650. The van der Waals surface area contributed by atoms with E-state index in [1.807, 2.05) is 12.4 Å². The van der Waals surface area contributed by atoms with Crippen LogP contribution in [0.2, 0.25) is 0 Å². The van der Waals surface area contributed by atoms with Crippen LogP contribution in [0.15, 0.2) is 18.5 Å². The van der Waals surface area contributed by atoms with Gasteiger partial charge >= 0.3 is 0 Å². The van der Waals surface area contributed by atoms with Gasteiger partial charge in [0.2, 0.25) is 0 Å². The van der Waals surface area contributed by atoms with Gasteiger partial charge in [-0.15, -0.1) is 0 Å². The maximum atomic E-state index is 5.76. The van der Waals surface area contributed by atoms with Crippen LogP contribution in [-0.4, -0.2) is 30.0 Å². The first-order valence-corrected chi connectivity index (χ1v) is 9.10. The molecular formula is C20H29N3. The average molecular weight is 311 g/mol. The number of likely N-dealkylation sites (tertiary alicyclic amines) is 1. The number of aromatic nitrogens is 1. The summed E-state index contributed by atoms with van der Waals surface area (Å²) in [5.74, 6) is 8.26. The highest BCUT2D eigenvalue weighted by molar-refractivity contribution is 5.35. The Bertz CT molecular complexity index is 564. The van der Waals surface area contributed by atoms with Gasteiger partial charge in [-0.2, -0.15) is 0 Å². The predicted molar refractivity (Wildman–Crippen MR) is 94.8 cm³/mol. The molecule has 1 aromatic heterocycles. The molecule has 0 radical (unpaired) electrons. The van der Waals surface area contributed by atoms with Crippen molar-refractivity contribution >= 4 is 0 Å². The summed E-state index contributed by atoms with van der Waals surface area (Å²) in [6.45, 7) is 2.04. The highest BCUT2D eigenvalue weighted by Gasteiger charge is 2.22. The van der Waals surface area contributed by atoms with E-state index in [2.05, 4.69) is 34.8 Å². The van der Waals surface area contributed by atoms with E-state index in [0.717, 1.165) is 30.4 Å². The van der Waals surface area contributed by atoms with Gasteiger partial charge in [0.15, 0.2) is 0 Å². The third kappa shape index (κ3) is 4.34. The zero-order valence-corrected chi connectivity index (χ0v) is 14.3. The smallest absolute Gasteiger partial charge is 0.0432 e. The molecule has 124 valence electrons. The van der Waals surface area contributed by atoms with Crippen LogP contribution in [0.4, 0.5) is 0 Å². The normalized spacial score (nSPS) is 28.3. The second kappa shape index (κ2) is 7.95. The van der Waals surface area contributed by atoms with Crippen LogP contribution in [0.25, 0.3) is 0 Å². The van der Waals surface area contributed by atoms with Crippen LogP contribution in [0.1, 0.15) is 62.1 Å². The summed E-state index contributed by atoms with van der Waals surface area (Å²) in [7, 11) is 2.20. The van der Waals surface area contributed by atoms with Crippen molar-refractivity contribution in [1.29, 1.82) is 0 Å². The molecule has 1 saturated carbocycles. The summed E-state index contributed by atoms with van der Waals surface area (Å²) >= 11 is 0. The zero-order valence-electron chi connectivity index (χ0n) is 14.3. The maximum absolute atomic E-state index is 5.76. The zero-order chi connectivity index (χ0) is 16.1. The Kier molecular flexibility index (Phi) is 5.70. The molecule has 0 aromatic carbocycles. The fourth-order valence-electron chi connectivity index (χ4n) is 4.01. The Morgan fingerprint density at radius 1 is 1.17 bits per heavy atom. The Hall–Kier alpha value is -1.37. The number of hydrogen-bond donors (Lipinski definition) is 1. The van der Waals surface area contributed by atoms with Gasteiger partial charge in [-0.3, -0.25) is 9.88 Å². The molecule has 1 unspecified atom stereocenters. The average Bonchev–Trinajstić information content (AvgIpc) is 3.02. The van der Waals surface area contributed by atoms with Crippen molar-refractivity contribution in [3.05, 3.63) is 29.6 Å². The Morgan fingerprint density at radius 3 is 2.65 bits per heavy atom. The van der Waals surface area contributed by atoms with Gasteiger partial charge in [-0.05, 0) is 82.1 Å². The number of rotatable bonds is 3. The summed E-state index contributed by atoms with van der Waals surface area (Å²) in [4.78, 5) is 6.83. The topological polar surface area (TPSA) is 42.2 Å². The van der Waals surface area contributed by atoms with E-state index in [0.29, 0.717) is 6.04 Å². The largest absolute Gasteiger partial charge is 0.330 e. The molecule has 1 atom stereocenters. The lowest BCUT2D eigenvalue weighted by Gasteiger charge is -2.26. The van der Waals surface area contributed by atoms with E-state index < -0.39 is 0 Å². The van der Waals surface area contributed by atoms with Crippen LogP contribution < -0.4 is 5.73 Å². The van der Waals surface area contributed by atoms with Crippen LogP contribution in [0.3, 0.4) is 0 Å². The quantitative estimate of drug-likeness (QED) is 0.870. The Labute approximate surface area is 140 Å². The molecule has 1 saturated heterocycles. The van der Waals surface area contributed by atoms with Crippen molar-refractivity contribution in [2.24, 2.45) is 17.6 Å². The molecule has 0 spiro atoms. The Balaban J connectivity index is 1.56. The van der Waals surface area contributed by atoms with Crippen LogP contribution >= 0.6 is 0 Å². The van der Waals surface area contributed by atoms with Crippen LogP contribution in [-0.2, 0) is 0 Å². The first-order valence-electron chi connectivity index (χ1n) is 9.10. The summed E-state index contributed by atoms with van der Waals surface area (Å²) in [5, 5.41) is 0. The van der Waals surface area contributed by atoms with E-state index in [4.69, 9.17) is 5.73 Å². The second-order valence-electron chi connectivity index (χ2n) is 7.27. The summed E-state index contributed by atoms with van der Waals surface area (Å²) in [6.07, 6.45) is 12.6. The van der Waals surface area contributed by atoms with E-state index in [1.54, 1.807) is 0 Å². The van der Waals surface area contributed by atoms with Crippen molar-refractivity contribution in [2.45, 2.75) is 51.0 Å². The summed E-state index contributed by atoms with van der Waals surface area (Å²) < 4.78 is 0. The molecular weight excluding hydrogens is 282 g/mol. The minimum Gasteiger partial charge on any atom is -0.330 e. The molecule has 3 nitrogen and oxygen atoms in total. The third-order valence-electron chi connectivity index (χ3n) is 5.59. The van der Waals surface area contributed by atoms with Crippen molar-refractivity contribution in [3.63, 3.8) is 0 Å². The molecule has 3 rings (SSSR count). The van der Waals surface area contributed by atoms with E-state index >= 15 is 0 Å². The molecule has 0 amide bonds. The van der Waals surface area contributed by atoms with Gasteiger partial charge in [0.05, 0.1) is 0 Å². The van der Waals surface area contributed by atoms with E-state index in [-0.39, 0.29) is 0 Å². The minimum absolute atomic E-state index is 0.524. The third-order valence-corrected chi connectivity index (χ3v) is 5.59. The lowest BCUT2D eigenvalue weighted by atomic mass is 9.81. The number of nitrogens with zero attached hydrogens (tertiary/aromatic N) is 2. The van der Waals surface area contributed by atoms with Crippen molar-refractivity contribution in [2.75, 3.05) is 20.1 Å². The van der Waals surface area contributed by atoms with Gasteiger partial charge in [0.25, 0.3) is 0 Å². The number of pyridine rings is 1.